The van der Waals surface area contributed by atoms with Gasteiger partial charge >= 0.3 is 5.97 Å². The van der Waals surface area contributed by atoms with Crippen molar-refractivity contribution in [2.45, 2.75) is 32.1 Å². The highest BCUT2D eigenvalue weighted by atomic mass is 16.5. The number of ketones is 1. The van der Waals surface area contributed by atoms with Crippen molar-refractivity contribution in [1.82, 2.24) is 0 Å². The number of methoxy groups -OCH3 is 1. The summed E-state index contributed by atoms with van der Waals surface area (Å²) < 4.78 is 5.21. The molecule has 108 valence electrons. The SMILES string of the molecule is COc1ccccc1C(=O)CC1CCC(C(=O)O)CC1. The van der Waals surface area contributed by atoms with Crippen molar-refractivity contribution in [3.05, 3.63) is 29.8 Å². The Morgan fingerprint density at radius 1 is 1.20 bits per heavy atom. The zero-order valence-electron chi connectivity index (χ0n) is 11.7. The van der Waals surface area contributed by atoms with Crippen molar-refractivity contribution >= 4 is 11.8 Å². The third-order valence-electron chi connectivity index (χ3n) is 4.08. The molecule has 0 heterocycles. The highest BCUT2D eigenvalue weighted by molar-refractivity contribution is 5.98. The number of carbonyl (C=O) groups is 2. The van der Waals surface area contributed by atoms with Crippen LogP contribution in [0, 0.1) is 11.8 Å². The molecule has 0 amide bonds. The molecule has 0 unspecified atom stereocenters. The predicted octanol–water partition coefficient (Wildman–Crippen LogP) is 3.16. The second-order valence-electron chi connectivity index (χ2n) is 5.38. The Morgan fingerprint density at radius 3 is 2.45 bits per heavy atom. The molecule has 4 nitrogen and oxygen atoms in total. The molecule has 0 spiro atoms. The second-order valence-corrected chi connectivity index (χ2v) is 5.38. The second kappa shape index (κ2) is 6.55. The highest BCUT2D eigenvalue weighted by Gasteiger charge is 2.27. The van der Waals surface area contributed by atoms with Crippen molar-refractivity contribution in [3.8, 4) is 5.75 Å². The number of rotatable bonds is 5. The fourth-order valence-electron chi connectivity index (χ4n) is 2.86. The van der Waals surface area contributed by atoms with Crippen LogP contribution in [-0.4, -0.2) is 24.0 Å². The lowest BCUT2D eigenvalue weighted by atomic mass is 9.79. The minimum Gasteiger partial charge on any atom is -0.496 e. The average molecular weight is 276 g/mol. The maximum Gasteiger partial charge on any atom is 0.306 e. The molecule has 1 N–H and O–H groups in total. The molecule has 2 rings (SSSR count). The lowest BCUT2D eigenvalue weighted by Crippen LogP contribution is -2.22. The van der Waals surface area contributed by atoms with Crippen molar-refractivity contribution in [2.24, 2.45) is 11.8 Å². The van der Waals surface area contributed by atoms with Gasteiger partial charge in [0.05, 0.1) is 18.6 Å². The summed E-state index contributed by atoms with van der Waals surface area (Å²) in [4.78, 5) is 23.2. The van der Waals surface area contributed by atoms with Crippen LogP contribution in [0.3, 0.4) is 0 Å². The average Bonchev–Trinajstić information content (AvgIpc) is 2.47. The Morgan fingerprint density at radius 2 is 1.85 bits per heavy atom. The van der Waals surface area contributed by atoms with Crippen molar-refractivity contribution in [1.29, 1.82) is 0 Å². The van der Waals surface area contributed by atoms with Crippen molar-refractivity contribution in [2.75, 3.05) is 7.11 Å². The number of carboxylic acids is 1. The van der Waals surface area contributed by atoms with Crippen LogP contribution in [0.15, 0.2) is 24.3 Å². The Balaban J connectivity index is 1.94. The van der Waals surface area contributed by atoms with Gasteiger partial charge in [0.25, 0.3) is 0 Å². The van der Waals surface area contributed by atoms with Crippen molar-refractivity contribution < 1.29 is 19.4 Å². The van der Waals surface area contributed by atoms with Gasteiger partial charge in [-0.3, -0.25) is 9.59 Å². The summed E-state index contributed by atoms with van der Waals surface area (Å²) >= 11 is 0. The molecule has 1 fully saturated rings. The maximum atomic E-state index is 12.3. The summed E-state index contributed by atoms with van der Waals surface area (Å²) in [7, 11) is 1.56. The topological polar surface area (TPSA) is 63.6 Å². The highest BCUT2D eigenvalue weighted by Crippen LogP contribution is 2.32. The standard InChI is InChI=1S/C16H20O4/c1-20-15-5-3-2-4-13(15)14(17)10-11-6-8-12(9-7-11)16(18)19/h2-5,11-12H,6-10H2,1H3,(H,18,19). The predicted molar refractivity (Wildman–Crippen MR) is 75.0 cm³/mol. The number of carboxylic acid groups (broad SMARTS) is 1. The van der Waals surface area contributed by atoms with Gasteiger partial charge in [-0.1, -0.05) is 12.1 Å². The summed E-state index contributed by atoms with van der Waals surface area (Å²) in [6, 6.07) is 7.24. The van der Waals surface area contributed by atoms with Gasteiger partial charge in [0.2, 0.25) is 0 Å². The van der Waals surface area contributed by atoms with Crippen LogP contribution in [-0.2, 0) is 4.79 Å². The van der Waals surface area contributed by atoms with Crippen molar-refractivity contribution in [3.63, 3.8) is 0 Å². The normalized spacial score (nSPS) is 22.2. The first-order chi connectivity index (χ1) is 9.61. The minimum absolute atomic E-state index is 0.0845. The molecule has 1 aromatic carbocycles. The first-order valence-corrected chi connectivity index (χ1v) is 7.01. The van der Waals surface area contributed by atoms with Gasteiger partial charge < -0.3 is 9.84 Å². The number of Topliss-reactive ketones (excluding diaryl/α,β-unsaturated/α-hetero) is 1. The molecule has 20 heavy (non-hydrogen) atoms. The number of para-hydroxylation sites is 1. The van der Waals surface area contributed by atoms with E-state index in [2.05, 4.69) is 0 Å². The summed E-state index contributed by atoms with van der Waals surface area (Å²) in [5.41, 5.74) is 0.621. The molecule has 0 aromatic heterocycles. The number of hydrogen-bond acceptors (Lipinski definition) is 3. The third kappa shape index (κ3) is 3.38. The van der Waals surface area contributed by atoms with Crippen LogP contribution in [0.5, 0.6) is 5.75 Å². The van der Waals surface area contributed by atoms with Crippen LogP contribution in [0.25, 0.3) is 0 Å². The zero-order valence-corrected chi connectivity index (χ0v) is 11.7. The van der Waals surface area contributed by atoms with Crippen LogP contribution in [0.2, 0.25) is 0 Å². The zero-order chi connectivity index (χ0) is 14.5. The first kappa shape index (κ1) is 14.6. The van der Waals surface area contributed by atoms with E-state index in [1.807, 2.05) is 12.1 Å². The lowest BCUT2D eigenvalue weighted by molar-refractivity contribution is -0.143. The molecular weight excluding hydrogens is 256 g/mol. The Kier molecular flexibility index (Phi) is 4.77. The van der Waals surface area contributed by atoms with E-state index in [0.717, 1.165) is 12.8 Å². The molecule has 0 saturated heterocycles. The van der Waals surface area contributed by atoms with E-state index in [1.54, 1.807) is 19.2 Å². The molecule has 1 aliphatic carbocycles. The molecule has 0 radical (unpaired) electrons. The smallest absolute Gasteiger partial charge is 0.306 e. The molecule has 0 aliphatic heterocycles. The van der Waals surface area contributed by atoms with Gasteiger partial charge in [-0.05, 0) is 43.7 Å². The third-order valence-corrected chi connectivity index (χ3v) is 4.08. The Labute approximate surface area is 118 Å². The number of aliphatic carboxylic acids is 1. The van der Waals surface area contributed by atoms with Gasteiger partial charge in [0.15, 0.2) is 5.78 Å². The number of carbonyl (C=O) groups excluding carboxylic acids is 1. The monoisotopic (exact) mass is 276 g/mol. The van der Waals surface area contributed by atoms with E-state index in [9.17, 15) is 9.59 Å². The summed E-state index contributed by atoms with van der Waals surface area (Å²) in [6.45, 7) is 0. The van der Waals surface area contributed by atoms with E-state index in [1.165, 1.54) is 0 Å². The van der Waals surface area contributed by atoms with E-state index < -0.39 is 5.97 Å². The van der Waals surface area contributed by atoms with E-state index in [-0.39, 0.29) is 11.7 Å². The number of ether oxygens (including phenoxy) is 1. The molecule has 1 aliphatic rings. The largest absolute Gasteiger partial charge is 0.496 e. The van der Waals surface area contributed by atoms with Crippen LogP contribution >= 0.6 is 0 Å². The van der Waals surface area contributed by atoms with Gasteiger partial charge in [-0.2, -0.15) is 0 Å². The van der Waals surface area contributed by atoms with Gasteiger partial charge in [0.1, 0.15) is 5.75 Å². The molecule has 0 atom stereocenters. The summed E-state index contributed by atoms with van der Waals surface area (Å²) in [6.07, 6.45) is 3.47. The quantitative estimate of drug-likeness (QED) is 0.839. The van der Waals surface area contributed by atoms with E-state index >= 15 is 0 Å². The van der Waals surface area contributed by atoms with Crippen LogP contribution in [0.1, 0.15) is 42.5 Å². The number of hydrogen-bond donors (Lipinski definition) is 1. The molecule has 1 aromatic rings. The Bertz CT molecular complexity index is 487. The molecular formula is C16H20O4. The fourth-order valence-corrected chi connectivity index (χ4v) is 2.86. The van der Waals surface area contributed by atoms with E-state index in [4.69, 9.17) is 9.84 Å². The molecule has 4 heteroatoms. The summed E-state index contributed by atoms with van der Waals surface area (Å²) in [5, 5.41) is 8.97. The minimum atomic E-state index is -0.709. The van der Waals surface area contributed by atoms with Crippen LogP contribution in [0.4, 0.5) is 0 Å². The van der Waals surface area contributed by atoms with Gasteiger partial charge in [-0.25, -0.2) is 0 Å². The molecule has 0 bridgehead atoms. The summed E-state index contributed by atoms with van der Waals surface area (Å²) in [5.74, 6) is 0.0491. The lowest BCUT2D eigenvalue weighted by Gasteiger charge is -2.25. The number of benzene rings is 1. The van der Waals surface area contributed by atoms with Crippen LogP contribution < -0.4 is 4.74 Å². The fraction of sp³-hybridized carbons (Fsp3) is 0.500. The maximum absolute atomic E-state index is 12.3. The molecule has 1 saturated carbocycles. The van der Waals surface area contributed by atoms with E-state index in [0.29, 0.717) is 36.5 Å². The first-order valence-electron chi connectivity index (χ1n) is 7.01. The van der Waals surface area contributed by atoms with Gasteiger partial charge in [0, 0.05) is 6.42 Å². The Hall–Kier alpha value is -1.84. The van der Waals surface area contributed by atoms with Gasteiger partial charge in [-0.15, -0.1) is 0 Å².